The first-order chi connectivity index (χ1) is 45.0. The monoisotopic (exact) mass is 1280 g/mol. The fourth-order valence-corrected chi connectivity index (χ4v) is 13.3. The Bertz CT molecular complexity index is 1470. The molecule has 0 aromatic heterocycles. The van der Waals surface area contributed by atoms with Crippen LogP contribution in [-0.4, -0.2) is 47.4 Å². The van der Waals surface area contributed by atoms with Crippen LogP contribution in [-0.2, 0) is 14.3 Å². The maximum Gasteiger partial charge on any atom is 0.305 e. The summed E-state index contributed by atoms with van der Waals surface area (Å²) in [6, 6.07) is -0.542. The standard InChI is InChI=1S/C85H163NO5/c1-3-5-7-9-11-13-15-17-19-21-23-24-25-32-35-38-42-45-49-53-57-61-65-69-73-77-83(88)82(81-87)86-84(89)78-74-70-66-62-58-54-50-46-43-39-36-33-30-28-26-27-29-31-34-37-40-44-48-52-56-60-64-68-72-76-80-91-85(90)79-75-71-67-63-59-55-51-47-41-22-20-18-16-14-12-10-8-6-4-2/h12,14,18,20,27,29,82-83,87-88H,3-11,13,15-17,19,21-26,28,30-81H2,1-2H3,(H,86,89)/b14-12-,20-18-,29-27-. The van der Waals surface area contributed by atoms with Crippen molar-refractivity contribution in [3.8, 4) is 0 Å². The van der Waals surface area contributed by atoms with E-state index in [1.165, 1.54) is 385 Å². The molecule has 0 rings (SSSR count). The Morgan fingerprint density at radius 2 is 0.549 bits per heavy atom. The Hall–Kier alpha value is -1.92. The van der Waals surface area contributed by atoms with Gasteiger partial charge >= 0.3 is 5.97 Å². The highest BCUT2D eigenvalue weighted by Gasteiger charge is 2.20. The van der Waals surface area contributed by atoms with Gasteiger partial charge in [-0.2, -0.15) is 0 Å². The summed E-state index contributed by atoms with van der Waals surface area (Å²) in [7, 11) is 0. The molecule has 0 aliphatic rings. The molecule has 2 atom stereocenters. The summed E-state index contributed by atoms with van der Waals surface area (Å²) >= 11 is 0. The lowest BCUT2D eigenvalue weighted by Gasteiger charge is -2.22. The van der Waals surface area contributed by atoms with E-state index in [2.05, 4.69) is 55.6 Å². The van der Waals surface area contributed by atoms with Gasteiger partial charge in [-0.3, -0.25) is 9.59 Å². The van der Waals surface area contributed by atoms with Crippen LogP contribution in [0.2, 0.25) is 0 Å². The fourth-order valence-electron chi connectivity index (χ4n) is 13.3. The maximum atomic E-state index is 12.6. The predicted molar refractivity (Wildman–Crippen MR) is 403 cm³/mol. The number of aliphatic hydroxyl groups is 2. The Morgan fingerprint density at radius 1 is 0.308 bits per heavy atom. The molecule has 0 aliphatic heterocycles. The molecule has 0 spiro atoms. The van der Waals surface area contributed by atoms with Crippen LogP contribution in [0.15, 0.2) is 36.5 Å². The highest BCUT2D eigenvalue weighted by Crippen LogP contribution is 2.20. The molecule has 6 nitrogen and oxygen atoms in total. The lowest BCUT2D eigenvalue weighted by Crippen LogP contribution is -2.45. The van der Waals surface area contributed by atoms with Gasteiger partial charge in [0.25, 0.3) is 0 Å². The summed E-state index contributed by atoms with van der Waals surface area (Å²) in [5.41, 5.74) is 0. The van der Waals surface area contributed by atoms with Crippen molar-refractivity contribution in [1.29, 1.82) is 0 Å². The summed E-state index contributed by atoms with van der Waals surface area (Å²) in [4.78, 5) is 24.7. The van der Waals surface area contributed by atoms with E-state index in [0.717, 1.165) is 51.4 Å². The van der Waals surface area contributed by atoms with Gasteiger partial charge in [0.2, 0.25) is 5.91 Å². The van der Waals surface area contributed by atoms with E-state index in [4.69, 9.17) is 4.74 Å². The highest BCUT2D eigenvalue weighted by atomic mass is 16.5. The molecule has 0 heterocycles. The molecule has 6 heteroatoms. The average Bonchev–Trinajstić information content (AvgIpc) is 3.65. The summed E-state index contributed by atoms with van der Waals surface area (Å²) in [5, 5.41) is 23.5. The lowest BCUT2D eigenvalue weighted by atomic mass is 10.0. The fraction of sp³-hybridized carbons (Fsp3) is 0.906. The van der Waals surface area contributed by atoms with E-state index in [1.54, 1.807) is 0 Å². The third-order valence-corrected chi connectivity index (χ3v) is 19.7. The van der Waals surface area contributed by atoms with Crippen molar-refractivity contribution in [1.82, 2.24) is 5.32 Å². The van der Waals surface area contributed by atoms with Crippen LogP contribution in [0.5, 0.6) is 0 Å². The molecule has 0 aromatic rings. The molecule has 0 aliphatic carbocycles. The SMILES string of the molecule is CCCCC/C=C\C/C=C\CCCCCCCCCCCC(=O)OCCCCCCCCCCCCCC/C=C\CCCCCCCCCCCCCCCCC(=O)NC(CO)C(O)CCCCCCCCCCCCCCCCCCCCCCCCCCC. The van der Waals surface area contributed by atoms with Gasteiger partial charge in [-0.15, -0.1) is 0 Å². The van der Waals surface area contributed by atoms with Crippen LogP contribution in [0.3, 0.4) is 0 Å². The number of carbonyl (C=O) groups excluding carboxylic acids is 2. The van der Waals surface area contributed by atoms with Gasteiger partial charge in [-0.05, 0) is 83.5 Å². The number of aliphatic hydroxyl groups excluding tert-OH is 2. The van der Waals surface area contributed by atoms with E-state index in [9.17, 15) is 19.8 Å². The molecule has 91 heavy (non-hydrogen) atoms. The molecule has 0 aromatic carbocycles. The molecule has 0 saturated carbocycles. The molecule has 0 saturated heterocycles. The van der Waals surface area contributed by atoms with Crippen molar-refractivity contribution in [3.63, 3.8) is 0 Å². The molecule has 2 unspecified atom stereocenters. The van der Waals surface area contributed by atoms with E-state index in [1.807, 2.05) is 0 Å². The van der Waals surface area contributed by atoms with Crippen molar-refractivity contribution < 1.29 is 24.5 Å². The minimum atomic E-state index is -0.665. The number of unbranched alkanes of at least 4 members (excludes halogenated alkanes) is 62. The number of ether oxygens (including phenoxy) is 1. The van der Waals surface area contributed by atoms with Crippen LogP contribution in [0.1, 0.15) is 470 Å². The Labute approximate surface area is 570 Å². The summed E-state index contributed by atoms with van der Waals surface area (Å²) in [6.07, 6.45) is 105. The zero-order chi connectivity index (χ0) is 65.6. The quantitative estimate of drug-likeness (QED) is 0.0320. The molecular formula is C85H163NO5. The second-order valence-electron chi connectivity index (χ2n) is 28.8. The second-order valence-corrected chi connectivity index (χ2v) is 28.8. The number of hydrogen-bond acceptors (Lipinski definition) is 5. The van der Waals surface area contributed by atoms with Gasteiger partial charge < -0.3 is 20.3 Å². The van der Waals surface area contributed by atoms with Gasteiger partial charge in [-0.25, -0.2) is 0 Å². The third-order valence-electron chi connectivity index (χ3n) is 19.7. The van der Waals surface area contributed by atoms with Crippen LogP contribution in [0, 0.1) is 0 Å². The van der Waals surface area contributed by atoms with E-state index in [0.29, 0.717) is 25.9 Å². The first-order valence-corrected chi connectivity index (χ1v) is 41.7. The summed E-state index contributed by atoms with van der Waals surface area (Å²) in [6.45, 7) is 4.98. The van der Waals surface area contributed by atoms with E-state index in [-0.39, 0.29) is 18.5 Å². The first-order valence-electron chi connectivity index (χ1n) is 41.7. The Kier molecular flexibility index (Phi) is 78.8. The van der Waals surface area contributed by atoms with Crippen molar-refractivity contribution in [2.45, 2.75) is 482 Å². The van der Waals surface area contributed by atoms with Crippen molar-refractivity contribution in [2.75, 3.05) is 13.2 Å². The number of amides is 1. The first kappa shape index (κ1) is 89.1. The van der Waals surface area contributed by atoms with E-state index >= 15 is 0 Å². The number of carbonyl (C=O) groups is 2. The van der Waals surface area contributed by atoms with Crippen molar-refractivity contribution in [3.05, 3.63) is 36.5 Å². The molecular weight excluding hydrogens is 1110 g/mol. The zero-order valence-corrected chi connectivity index (χ0v) is 61.9. The molecule has 538 valence electrons. The highest BCUT2D eigenvalue weighted by molar-refractivity contribution is 5.76. The second kappa shape index (κ2) is 80.5. The molecule has 0 bridgehead atoms. The third kappa shape index (κ3) is 77.0. The number of esters is 1. The normalized spacial score (nSPS) is 12.6. The minimum Gasteiger partial charge on any atom is -0.466 e. The molecule has 1 amide bonds. The maximum absolute atomic E-state index is 12.6. The van der Waals surface area contributed by atoms with Gasteiger partial charge in [0.05, 0.1) is 25.4 Å². The summed E-state index contributed by atoms with van der Waals surface area (Å²) < 4.78 is 5.51. The lowest BCUT2D eigenvalue weighted by molar-refractivity contribution is -0.143. The van der Waals surface area contributed by atoms with Gasteiger partial charge in [0.1, 0.15) is 0 Å². The Morgan fingerprint density at radius 3 is 0.868 bits per heavy atom. The minimum absolute atomic E-state index is 0.0144. The van der Waals surface area contributed by atoms with Crippen molar-refractivity contribution in [2.24, 2.45) is 0 Å². The van der Waals surface area contributed by atoms with E-state index < -0.39 is 12.1 Å². The number of rotatable bonds is 79. The van der Waals surface area contributed by atoms with Gasteiger partial charge in [0.15, 0.2) is 0 Å². The number of nitrogens with one attached hydrogen (secondary N) is 1. The number of allylic oxidation sites excluding steroid dienone is 6. The van der Waals surface area contributed by atoms with Crippen LogP contribution in [0.4, 0.5) is 0 Å². The van der Waals surface area contributed by atoms with Crippen LogP contribution >= 0.6 is 0 Å². The van der Waals surface area contributed by atoms with Gasteiger partial charge in [-0.1, -0.05) is 410 Å². The predicted octanol–water partition coefficient (Wildman–Crippen LogP) is 27.8. The number of hydrogen-bond donors (Lipinski definition) is 3. The van der Waals surface area contributed by atoms with Gasteiger partial charge in [0, 0.05) is 12.8 Å². The average molecular weight is 1280 g/mol. The van der Waals surface area contributed by atoms with Crippen molar-refractivity contribution >= 4 is 11.9 Å². The topological polar surface area (TPSA) is 95.9 Å². The summed E-state index contributed by atoms with van der Waals surface area (Å²) in [5.74, 6) is -0.0133. The molecule has 0 fully saturated rings. The van der Waals surface area contributed by atoms with Crippen LogP contribution in [0.25, 0.3) is 0 Å². The Balaban J connectivity index is 3.36. The zero-order valence-electron chi connectivity index (χ0n) is 61.9. The molecule has 0 radical (unpaired) electrons. The largest absolute Gasteiger partial charge is 0.466 e. The smallest absolute Gasteiger partial charge is 0.305 e. The molecule has 3 N–H and O–H groups in total. The van der Waals surface area contributed by atoms with Crippen LogP contribution < -0.4 is 5.32 Å².